The summed E-state index contributed by atoms with van der Waals surface area (Å²) in [4.78, 5) is 18.4. The third-order valence-corrected chi connectivity index (χ3v) is 7.67. The van der Waals surface area contributed by atoms with Crippen molar-refractivity contribution in [3.8, 4) is 17.2 Å². The third-order valence-electron chi connectivity index (χ3n) is 6.39. The number of ether oxygens (including phenoxy) is 3. The molecule has 5 nitrogen and oxygen atoms in total. The van der Waals surface area contributed by atoms with Crippen LogP contribution >= 0.6 is 15.9 Å². The van der Waals surface area contributed by atoms with E-state index in [9.17, 15) is 4.79 Å². The second-order valence-electron chi connectivity index (χ2n) is 8.32. The van der Waals surface area contributed by atoms with E-state index in [-0.39, 0.29) is 5.78 Å². The summed E-state index contributed by atoms with van der Waals surface area (Å²) in [5, 5.41) is 0. The van der Waals surface area contributed by atoms with Gasteiger partial charge in [0.05, 0.1) is 14.2 Å². The van der Waals surface area contributed by atoms with Crippen molar-refractivity contribution in [1.82, 2.24) is 4.98 Å². The summed E-state index contributed by atoms with van der Waals surface area (Å²) in [5.74, 6) is 1.45. The van der Waals surface area contributed by atoms with Crippen LogP contribution in [-0.4, -0.2) is 25.0 Å². The fourth-order valence-corrected chi connectivity index (χ4v) is 5.67. The van der Waals surface area contributed by atoms with E-state index in [1.54, 1.807) is 26.6 Å². The lowest BCUT2D eigenvalue weighted by Gasteiger charge is -2.31. The van der Waals surface area contributed by atoms with Crippen molar-refractivity contribution in [3.05, 3.63) is 119 Å². The Hall–Kier alpha value is -3.64. The van der Waals surface area contributed by atoms with E-state index < -0.39 is 10.2 Å². The number of methoxy groups -OCH3 is 2. The molecule has 1 aliphatic rings. The zero-order valence-corrected chi connectivity index (χ0v) is 21.0. The molecule has 4 aromatic rings. The van der Waals surface area contributed by atoms with E-state index >= 15 is 0 Å². The van der Waals surface area contributed by atoms with Gasteiger partial charge in [-0.05, 0) is 47.0 Å². The molecule has 1 aromatic heterocycles. The number of aromatic nitrogens is 1. The van der Waals surface area contributed by atoms with Crippen LogP contribution in [0.15, 0.2) is 91.3 Å². The van der Waals surface area contributed by atoms with Crippen molar-refractivity contribution in [2.45, 2.75) is 16.8 Å². The molecular formula is C29H24BrNO4. The summed E-state index contributed by atoms with van der Waals surface area (Å²) in [6.45, 7) is 0.416. The van der Waals surface area contributed by atoms with Gasteiger partial charge in [-0.2, -0.15) is 0 Å². The number of hydrogen-bond acceptors (Lipinski definition) is 5. The Balaban J connectivity index is 1.65. The normalized spacial score (nSPS) is 18.7. The molecule has 176 valence electrons. The average Bonchev–Trinajstić information content (AvgIpc) is 3.14. The number of rotatable bonds is 7. The van der Waals surface area contributed by atoms with Crippen LogP contribution in [0.25, 0.3) is 0 Å². The summed E-state index contributed by atoms with van der Waals surface area (Å²) in [7, 11) is 3.24. The number of carbonyl (C=O) groups excluding carboxylic acids is 1. The lowest BCUT2D eigenvalue weighted by atomic mass is 9.80. The Morgan fingerprint density at radius 2 is 1.66 bits per heavy atom. The zero-order chi connectivity index (χ0) is 24.4. The van der Waals surface area contributed by atoms with Crippen LogP contribution in [-0.2, 0) is 10.9 Å². The molecule has 0 saturated heterocycles. The minimum atomic E-state index is -1.09. The molecule has 0 radical (unpaired) electrons. The van der Waals surface area contributed by atoms with Gasteiger partial charge in [-0.25, -0.2) is 0 Å². The van der Waals surface area contributed by atoms with Gasteiger partial charge in [-0.1, -0.05) is 64.5 Å². The summed E-state index contributed by atoms with van der Waals surface area (Å²) in [6, 6.07) is 25.0. The molecule has 1 heterocycles. The molecule has 0 amide bonds. The quantitative estimate of drug-likeness (QED) is 0.263. The highest BCUT2D eigenvalue weighted by atomic mass is 79.9. The van der Waals surface area contributed by atoms with Crippen molar-refractivity contribution in [3.63, 3.8) is 0 Å². The highest BCUT2D eigenvalue weighted by molar-refractivity contribution is 9.10. The Morgan fingerprint density at radius 3 is 2.31 bits per heavy atom. The van der Waals surface area contributed by atoms with Crippen molar-refractivity contribution in [2.24, 2.45) is 0 Å². The number of benzene rings is 3. The number of halogens is 1. The summed E-state index contributed by atoms with van der Waals surface area (Å²) < 4.78 is 16.4. The van der Waals surface area contributed by atoms with Crippen LogP contribution in [0.4, 0.5) is 0 Å². The van der Waals surface area contributed by atoms with Crippen LogP contribution in [0, 0.1) is 0 Å². The molecular weight excluding hydrogens is 506 g/mol. The van der Waals surface area contributed by atoms with E-state index in [1.165, 1.54) is 0 Å². The van der Waals surface area contributed by atoms with Gasteiger partial charge < -0.3 is 14.2 Å². The van der Waals surface area contributed by atoms with Crippen LogP contribution in [0.5, 0.6) is 17.2 Å². The van der Waals surface area contributed by atoms with Crippen LogP contribution in [0.2, 0.25) is 0 Å². The zero-order valence-electron chi connectivity index (χ0n) is 19.4. The molecule has 0 spiro atoms. The number of alkyl halides is 1. The standard InChI is InChI=1S/C29H24BrNO4/c1-33-24-11-6-12-25(34-2)26(24)27-22-14-13-21(35-18-19-8-4-3-5-9-19)16-23(22)28(32)29(27,30)20-10-7-15-31-17-20/h3-17,27H,18H2,1-2H3. The van der Waals surface area contributed by atoms with Crippen LogP contribution in [0.3, 0.4) is 0 Å². The molecule has 0 fully saturated rings. The smallest absolute Gasteiger partial charge is 0.185 e. The second kappa shape index (κ2) is 9.55. The average molecular weight is 530 g/mol. The number of hydrogen-bond donors (Lipinski definition) is 0. The summed E-state index contributed by atoms with van der Waals surface area (Å²) in [6.07, 6.45) is 3.42. The Labute approximate surface area is 212 Å². The maximum absolute atomic E-state index is 14.1. The predicted molar refractivity (Wildman–Crippen MR) is 138 cm³/mol. The maximum Gasteiger partial charge on any atom is 0.185 e. The number of carbonyl (C=O) groups is 1. The topological polar surface area (TPSA) is 57.7 Å². The van der Waals surface area contributed by atoms with E-state index in [0.29, 0.717) is 29.4 Å². The lowest BCUT2D eigenvalue weighted by Crippen LogP contribution is -2.31. The molecule has 6 heteroatoms. The first-order valence-corrected chi connectivity index (χ1v) is 12.0. The van der Waals surface area contributed by atoms with Gasteiger partial charge in [0.25, 0.3) is 0 Å². The van der Waals surface area contributed by atoms with Gasteiger partial charge >= 0.3 is 0 Å². The molecule has 35 heavy (non-hydrogen) atoms. The van der Waals surface area contributed by atoms with Crippen molar-refractivity contribution >= 4 is 21.7 Å². The van der Waals surface area contributed by atoms with Gasteiger partial charge in [0, 0.05) is 29.4 Å². The number of ketones is 1. The SMILES string of the molecule is COc1cccc(OC)c1C1c2ccc(OCc3ccccc3)cc2C(=O)C1(Br)c1cccnc1. The molecule has 2 atom stereocenters. The number of Topliss-reactive ketones (excluding diaryl/α,β-unsaturated/α-hetero) is 1. The summed E-state index contributed by atoms with van der Waals surface area (Å²) in [5.41, 5.74) is 4.06. The fraction of sp³-hybridized carbons (Fsp3) is 0.172. The minimum absolute atomic E-state index is 0.0661. The minimum Gasteiger partial charge on any atom is -0.496 e. The number of nitrogens with zero attached hydrogens (tertiary/aromatic N) is 1. The molecule has 0 aliphatic heterocycles. The van der Waals surface area contributed by atoms with Crippen molar-refractivity contribution in [2.75, 3.05) is 14.2 Å². The molecule has 2 unspecified atom stereocenters. The first-order valence-electron chi connectivity index (χ1n) is 11.2. The second-order valence-corrected chi connectivity index (χ2v) is 9.57. The number of fused-ring (bicyclic) bond motifs is 1. The predicted octanol–water partition coefficient (Wildman–Crippen LogP) is 6.30. The van der Waals surface area contributed by atoms with Gasteiger partial charge in [-0.15, -0.1) is 0 Å². The molecule has 0 bridgehead atoms. The Morgan fingerprint density at radius 1 is 0.914 bits per heavy atom. The first kappa shape index (κ1) is 23.1. The molecule has 0 saturated carbocycles. The monoisotopic (exact) mass is 529 g/mol. The largest absolute Gasteiger partial charge is 0.496 e. The molecule has 5 rings (SSSR count). The highest BCUT2D eigenvalue weighted by Gasteiger charge is 2.55. The van der Waals surface area contributed by atoms with Gasteiger partial charge in [-0.3, -0.25) is 9.78 Å². The van der Waals surface area contributed by atoms with E-state index in [2.05, 4.69) is 20.9 Å². The van der Waals surface area contributed by atoms with Crippen LogP contribution in [0.1, 0.15) is 38.5 Å². The van der Waals surface area contributed by atoms with Crippen molar-refractivity contribution in [1.29, 1.82) is 0 Å². The first-order chi connectivity index (χ1) is 17.1. The molecule has 0 N–H and O–H groups in total. The molecule has 1 aliphatic carbocycles. The van der Waals surface area contributed by atoms with Crippen molar-refractivity contribution < 1.29 is 19.0 Å². The van der Waals surface area contributed by atoms with Gasteiger partial charge in [0.2, 0.25) is 0 Å². The fourth-order valence-electron chi connectivity index (χ4n) is 4.75. The Kier molecular flexibility index (Phi) is 6.31. The summed E-state index contributed by atoms with van der Waals surface area (Å²) >= 11 is 3.89. The highest BCUT2D eigenvalue weighted by Crippen LogP contribution is 2.59. The molecule has 3 aromatic carbocycles. The van der Waals surface area contributed by atoms with Gasteiger partial charge in [0.1, 0.15) is 28.2 Å². The van der Waals surface area contributed by atoms with E-state index in [0.717, 1.165) is 22.3 Å². The van der Waals surface area contributed by atoms with Crippen LogP contribution < -0.4 is 14.2 Å². The third kappa shape index (κ3) is 3.98. The maximum atomic E-state index is 14.1. The van der Waals surface area contributed by atoms with E-state index in [1.807, 2.05) is 78.9 Å². The number of pyridine rings is 1. The Bertz CT molecular complexity index is 1340. The van der Waals surface area contributed by atoms with Gasteiger partial charge in [0.15, 0.2) is 5.78 Å². The van der Waals surface area contributed by atoms with E-state index in [4.69, 9.17) is 14.2 Å². The lowest BCUT2D eigenvalue weighted by molar-refractivity contribution is 0.0953.